The Labute approximate surface area is 137 Å². The van der Waals surface area contributed by atoms with Crippen LogP contribution in [0.1, 0.15) is 37.6 Å². The summed E-state index contributed by atoms with van der Waals surface area (Å²) in [4.78, 5) is 11.9. The second kappa shape index (κ2) is 6.98. The Morgan fingerprint density at radius 2 is 1.86 bits per heavy atom. The molecule has 0 aromatic heterocycles. The molecule has 0 atom stereocenters. The van der Waals surface area contributed by atoms with E-state index in [0.29, 0.717) is 0 Å². The Morgan fingerprint density at radius 3 is 2.36 bits per heavy atom. The highest BCUT2D eigenvalue weighted by molar-refractivity contribution is 7.89. The maximum absolute atomic E-state index is 12.2. The van der Waals surface area contributed by atoms with Crippen molar-refractivity contribution in [1.29, 1.82) is 0 Å². The molecule has 0 unspecified atom stereocenters. The standard InChI is InChI=1S/C15H22ClNO4S/c1-15(2,3)8-9-21-14(18)11-6-7-12(16)13(10-11)22(19,20)17(4)5/h6-7,10H,8-9H2,1-5H3. The average Bonchev–Trinajstić information content (AvgIpc) is 2.37. The van der Waals surface area contributed by atoms with E-state index in [9.17, 15) is 13.2 Å². The number of carbonyl (C=O) groups excluding carboxylic acids is 1. The molecule has 0 fully saturated rings. The summed E-state index contributed by atoms with van der Waals surface area (Å²) in [5.41, 5.74) is 0.221. The number of rotatable bonds is 5. The molecule has 1 aromatic carbocycles. The second-order valence-corrected chi connectivity index (χ2v) is 8.91. The lowest BCUT2D eigenvalue weighted by Crippen LogP contribution is -2.23. The van der Waals surface area contributed by atoms with E-state index in [2.05, 4.69) is 0 Å². The number of benzene rings is 1. The van der Waals surface area contributed by atoms with Crippen LogP contribution in [0.4, 0.5) is 0 Å². The first-order valence-electron chi connectivity index (χ1n) is 6.84. The quantitative estimate of drug-likeness (QED) is 0.767. The Kier molecular flexibility index (Phi) is 6.01. The Bertz CT molecular complexity index is 648. The number of hydrogen-bond acceptors (Lipinski definition) is 4. The van der Waals surface area contributed by atoms with Crippen LogP contribution in [0.2, 0.25) is 5.02 Å². The summed E-state index contributed by atoms with van der Waals surface area (Å²) in [6.07, 6.45) is 0.717. The van der Waals surface area contributed by atoms with Gasteiger partial charge in [0.2, 0.25) is 10.0 Å². The van der Waals surface area contributed by atoms with Crippen LogP contribution in [0, 0.1) is 5.41 Å². The van der Waals surface area contributed by atoms with Crippen molar-refractivity contribution in [2.45, 2.75) is 32.1 Å². The third-order valence-electron chi connectivity index (χ3n) is 3.01. The fourth-order valence-electron chi connectivity index (χ4n) is 1.56. The Hall–Kier alpha value is -1.11. The molecule has 0 aliphatic rings. The molecule has 0 aliphatic heterocycles. The monoisotopic (exact) mass is 347 g/mol. The van der Waals surface area contributed by atoms with Gasteiger partial charge in [0.15, 0.2) is 0 Å². The Morgan fingerprint density at radius 1 is 1.27 bits per heavy atom. The normalized spacial score (nSPS) is 12.5. The van der Waals surface area contributed by atoms with Crippen LogP contribution in [-0.2, 0) is 14.8 Å². The number of hydrogen-bond donors (Lipinski definition) is 0. The molecular weight excluding hydrogens is 326 g/mol. The molecule has 0 saturated heterocycles. The van der Waals surface area contributed by atoms with Crippen LogP contribution >= 0.6 is 11.6 Å². The summed E-state index contributed by atoms with van der Waals surface area (Å²) in [6, 6.07) is 4.09. The van der Waals surface area contributed by atoms with Gasteiger partial charge in [-0.3, -0.25) is 0 Å². The zero-order valence-electron chi connectivity index (χ0n) is 13.5. The molecule has 0 radical (unpaired) electrons. The summed E-state index contributed by atoms with van der Waals surface area (Å²) in [5.74, 6) is -0.559. The molecule has 0 saturated carbocycles. The van der Waals surface area contributed by atoms with Crippen molar-refractivity contribution < 1.29 is 17.9 Å². The summed E-state index contributed by atoms with van der Waals surface area (Å²) >= 11 is 5.94. The van der Waals surface area contributed by atoms with Gasteiger partial charge < -0.3 is 4.74 Å². The van der Waals surface area contributed by atoms with Crippen LogP contribution in [0.5, 0.6) is 0 Å². The van der Waals surface area contributed by atoms with E-state index < -0.39 is 16.0 Å². The van der Waals surface area contributed by atoms with Crippen molar-refractivity contribution in [2.75, 3.05) is 20.7 Å². The lowest BCUT2D eigenvalue weighted by atomic mass is 9.93. The highest BCUT2D eigenvalue weighted by atomic mass is 35.5. The van der Waals surface area contributed by atoms with Gasteiger partial charge in [0.25, 0.3) is 0 Å². The van der Waals surface area contributed by atoms with Crippen LogP contribution in [-0.4, -0.2) is 39.4 Å². The minimum absolute atomic E-state index is 0.0553. The maximum Gasteiger partial charge on any atom is 0.338 e. The molecular formula is C15H22ClNO4S. The minimum Gasteiger partial charge on any atom is -0.462 e. The average molecular weight is 348 g/mol. The molecule has 0 bridgehead atoms. The smallest absolute Gasteiger partial charge is 0.338 e. The molecule has 22 heavy (non-hydrogen) atoms. The highest BCUT2D eigenvalue weighted by Crippen LogP contribution is 2.25. The van der Waals surface area contributed by atoms with E-state index in [-0.39, 0.29) is 27.5 Å². The molecule has 1 aromatic rings. The summed E-state index contributed by atoms with van der Waals surface area (Å²) < 4.78 is 30.6. The van der Waals surface area contributed by atoms with E-state index in [4.69, 9.17) is 16.3 Å². The van der Waals surface area contributed by atoms with Crippen LogP contribution < -0.4 is 0 Å². The first-order chi connectivity index (χ1) is 9.95. The van der Waals surface area contributed by atoms with E-state index in [1.165, 1.54) is 32.3 Å². The van der Waals surface area contributed by atoms with Crippen LogP contribution in [0.15, 0.2) is 23.1 Å². The largest absolute Gasteiger partial charge is 0.462 e. The van der Waals surface area contributed by atoms with Gasteiger partial charge in [0.05, 0.1) is 17.2 Å². The van der Waals surface area contributed by atoms with E-state index in [1.807, 2.05) is 20.8 Å². The van der Waals surface area contributed by atoms with Crippen LogP contribution in [0.3, 0.4) is 0 Å². The Balaban J connectivity index is 2.97. The van der Waals surface area contributed by atoms with Gasteiger partial charge in [0.1, 0.15) is 4.90 Å². The molecule has 124 valence electrons. The topological polar surface area (TPSA) is 63.7 Å². The zero-order valence-corrected chi connectivity index (χ0v) is 15.1. The van der Waals surface area contributed by atoms with Gasteiger partial charge in [0, 0.05) is 14.1 Å². The van der Waals surface area contributed by atoms with Crippen LogP contribution in [0.25, 0.3) is 0 Å². The first kappa shape index (κ1) is 18.9. The van der Waals surface area contributed by atoms with Crippen molar-refractivity contribution in [1.82, 2.24) is 4.31 Å². The lowest BCUT2D eigenvalue weighted by molar-refractivity contribution is 0.0464. The molecule has 0 heterocycles. The third-order valence-corrected chi connectivity index (χ3v) is 5.31. The molecule has 0 aliphatic carbocycles. The van der Waals surface area contributed by atoms with Crippen molar-refractivity contribution in [3.8, 4) is 0 Å². The van der Waals surface area contributed by atoms with Gasteiger partial charge in [-0.2, -0.15) is 0 Å². The van der Waals surface area contributed by atoms with Gasteiger partial charge in [-0.05, 0) is 30.0 Å². The molecule has 0 N–H and O–H groups in total. The van der Waals surface area contributed by atoms with E-state index in [0.717, 1.165) is 10.7 Å². The van der Waals surface area contributed by atoms with Crippen molar-refractivity contribution in [2.24, 2.45) is 5.41 Å². The summed E-state index contributed by atoms with van der Waals surface area (Å²) in [5, 5.41) is 0.0694. The fourth-order valence-corrected chi connectivity index (χ4v) is 2.95. The SMILES string of the molecule is CN(C)S(=O)(=O)c1cc(C(=O)OCCC(C)(C)C)ccc1Cl. The highest BCUT2D eigenvalue weighted by Gasteiger charge is 2.23. The van der Waals surface area contributed by atoms with Crippen molar-refractivity contribution in [3.05, 3.63) is 28.8 Å². The molecule has 7 heteroatoms. The van der Waals surface area contributed by atoms with Gasteiger partial charge >= 0.3 is 5.97 Å². The third kappa shape index (κ3) is 4.97. The molecule has 0 amide bonds. The fraction of sp³-hybridized carbons (Fsp3) is 0.533. The van der Waals surface area contributed by atoms with E-state index >= 15 is 0 Å². The molecule has 5 nitrogen and oxygen atoms in total. The predicted octanol–water partition coefficient (Wildman–Crippen LogP) is 3.18. The summed E-state index contributed by atoms with van der Waals surface area (Å²) in [6.45, 7) is 6.42. The molecule has 0 spiro atoms. The van der Waals surface area contributed by atoms with Crippen molar-refractivity contribution >= 4 is 27.6 Å². The minimum atomic E-state index is -3.71. The van der Waals surface area contributed by atoms with Gasteiger partial charge in [-0.1, -0.05) is 32.4 Å². The van der Waals surface area contributed by atoms with Crippen molar-refractivity contribution in [3.63, 3.8) is 0 Å². The zero-order chi connectivity index (χ0) is 17.1. The lowest BCUT2D eigenvalue weighted by Gasteiger charge is -2.17. The number of sulfonamides is 1. The van der Waals surface area contributed by atoms with Gasteiger partial charge in [-0.25, -0.2) is 17.5 Å². The number of esters is 1. The second-order valence-electron chi connectivity index (χ2n) is 6.38. The molecule has 1 rings (SSSR count). The number of halogens is 1. The number of carbonyl (C=O) groups is 1. The summed E-state index contributed by atoms with van der Waals surface area (Å²) in [7, 11) is -0.908. The maximum atomic E-state index is 12.2. The first-order valence-corrected chi connectivity index (χ1v) is 8.66. The van der Waals surface area contributed by atoms with Gasteiger partial charge in [-0.15, -0.1) is 0 Å². The number of nitrogens with zero attached hydrogens (tertiary/aromatic N) is 1. The van der Waals surface area contributed by atoms with E-state index in [1.54, 1.807) is 0 Å². The predicted molar refractivity (Wildman–Crippen MR) is 86.7 cm³/mol. The number of ether oxygens (including phenoxy) is 1.